The van der Waals surface area contributed by atoms with Crippen LogP contribution in [0.1, 0.15) is 12.5 Å². The zero-order valence-corrected chi connectivity index (χ0v) is 15.6. The first-order valence-electron chi connectivity index (χ1n) is 8.75. The van der Waals surface area contributed by atoms with Gasteiger partial charge in [-0.25, -0.2) is 9.37 Å². The number of rotatable bonds is 7. The summed E-state index contributed by atoms with van der Waals surface area (Å²) in [5.74, 6) is -1.47. The molecule has 30 heavy (non-hydrogen) atoms. The number of benzene rings is 2. The number of carbonyl (C=O) groups is 1. The predicted octanol–water partition coefficient (Wildman–Crippen LogP) is 3.71. The van der Waals surface area contributed by atoms with Gasteiger partial charge in [0.05, 0.1) is 29.5 Å². The van der Waals surface area contributed by atoms with Crippen LogP contribution < -0.4 is 20.3 Å². The summed E-state index contributed by atoms with van der Waals surface area (Å²) in [6.07, 6.45) is 3.66. The number of anilines is 1. The number of aromatic amines is 1. The molecule has 0 atom stereocenters. The number of ether oxygens (including phenoxy) is 2. The third-order valence-corrected chi connectivity index (χ3v) is 3.90. The molecule has 0 saturated carbocycles. The molecular formula is C20H16F3N3O4. The van der Waals surface area contributed by atoms with Crippen LogP contribution in [0, 0.1) is 5.82 Å². The summed E-state index contributed by atoms with van der Waals surface area (Å²) < 4.78 is 48.7. The first kappa shape index (κ1) is 20.9. The first-order chi connectivity index (χ1) is 14.4. The van der Waals surface area contributed by atoms with Gasteiger partial charge in [0.25, 0.3) is 5.56 Å². The minimum Gasteiger partial charge on any atom is -0.490 e. The Hall–Kier alpha value is -3.82. The number of amides is 1. The Morgan fingerprint density at radius 3 is 2.80 bits per heavy atom. The van der Waals surface area contributed by atoms with E-state index in [-0.39, 0.29) is 34.7 Å². The Morgan fingerprint density at radius 2 is 2.07 bits per heavy atom. The van der Waals surface area contributed by atoms with E-state index >= 15 is 0 Å². The number of nitrogens with zero attached hydrogens (tertiary/aromatic N) is 1. The molecule has 7 nitrogen and oxygen atoms in total. The molecule has 0 aliphatic carbocycles. The predicted molar refractivity (Wildman–Crippen MR) is 104 cm³/mol. The Bertz CT molecular complexity index is 1160. The molecule has 0 bridgehead atoms. The molecule has 0 saturated heterocycles. The number of hydrogen-bond donors (Lipinski definition) is 2. The molecule has 2 N–H and O–H groups in total. The van der Waals surface area contributed by atoms with Crippen LogP contribution >= 0.6 is 0 Å². The van der Waals surface area contributed by atoms with Gasteiger partial charge in [-0.05, 0) is 36.8 Å². The van der Waals surface area contributed by atoms with Crippen molar-refractivity contribution in [3.63, 3.8) is 0 Å². The van der Waals surface area contributed by atoms with E-state index < -0.39 is 23.9 Å². The molecule has 0 unspecified atom stereocenters. The van der Waals surface area contributed by atoms with Crippen LogP contribution in [0.2, 0.25) is 0 Å². The van der Waals surface area contributed by atoms with Gasteiger partial charge in [-0.1, -0.05) is 6.07 Å². The minimum atomic E-state index is -3.00. The lowest BCUT2D eigenvalue weighted by molar-refractivity contribution is -0.111. The van der Waals surface area contributed by atoms with Crippen molar-refractivity contribution in [1.29, 1.82) is 0 Å². The normalized spacial score (nSPS) is 11.2. The van der Waals surface area contributed by atoms with Gasteiger partial charge in [0, 0.05) is 12.1 Å². The molecular weight excluding hydrogens is 403 g/mol. The monoisotopic (exact) mass is 419 g/mol. The highest BCUT2D eigenvalue weighted by molar-refractivity contribution is 6.03. The summed E-state index contributed by atoms with van der Waals surface area (Å²) in [6.45, 7) is -1.10. The Morgan fingerprint density at radius 1 is 1.27 bits per heavy atom. The molecule has 1 aromatic heterocycles. The Labute approximate surface area is 168 Å². The third-order valence-electron chi connectivity index (χ3n) is 3.90. The fourth-order valence-corrected chi connectivity index (χ4v) is 2.62. The number of fused-ring (bicyclic) bond motifs is 1. The van der Waals surface area contributed by atoms with Crippen molar-refractivity contribution in [1.82, 2.24) is 9.97 Å². The van der Waals surface area contributed by atoms with E-state index in [1.165, 1.54) is 30.3 Å². The second-order valence-electron chi connectivity index (χ2n) is 5.92. The Balaban J connectivity index is 1.78. The molecule has 0 spiro atoms. The van der Waals surface area contributed by atoms with Crippen LogP contribution in [0.5, 0.6) is 11.5 Å². The highest BCUT2D eigenvalue weighted by atomic mass is 19.3. The van der Waals surface area contributed by atoms with E-state index in [1.54, 1.807) is 6.92 Å². The molecule has 3 aromatic rings. The lowest BCUT2D eigenvalue weighted by Gasteiger charge is -2.11. The third kappa shape index (κ3) is 4.96. The van der Waals surface area contributed by atoms with Gasteiger partial charge in [0.2, 0.25) is 5.91 Å². The number of hydrogen-bond acceptors (Lipinski definition) is 5. The molecule has 3 rings (SSSR count). The largest absolute Gasteiger partial charge is 0.490 e. The zero-order valence-electron chi connectivity index (χ0n) is 15.6. The van der Waals surface area contributed by atoms with Crippen LogP contribution in [0.25, 0.3) is 17.0 Å². The Kier molecular flexibility index (Phi) is 6.35. The molecule has 2 aromatic carbocycles. The van der Waals surface area contributed by atoms with Gasteiger partial charge in [-0.3, -0.25) is 9.59 Å². The van der Waals surface area contributed by atoms with Crippen molar-refractivity contribution in [3.05, 3.63) is 64.5 Å². The van der Waals surface area contributed by atoms with E-state index in [2.05, 4.69) is 20.0 Å². The van der Waals surface area contributed by atoms with Crippen molar-refractivity contribution in [2.24, 2.45) is 0 Å². The summed E-state index contributed by atoms with van der Waals surface area (Å²) in [7, 11) is 0. The number of alkyl halides is 2. The summed E-state index contributed by atoms with van der Waals surface area (Å²) >= 11 is 0. The van der Waals surface area contributed by atoms with Crippen LogP contribution in [0.15, 0.2) is 47.5 Å². The van der Waals surface area contributed by atoms with Crippen LogP contribution in [-0.4, -0.2) is 29.1 Å². The molecule has 0 radical (unpaired) electrons. The molecule has 0 aliphatic rings. The van der Waals surface area contributed by atoms with Gasteiger partial charge in [0.15, 0.2) is 11.5 Å². The SMILES string of the molecule is CCOc1cc(C=CC(=O)Nc2cc3c(=O)[nH]cnc3cc2F)ccc1OC(F)F. The molecule has 156 valence electrons. The van der Waals surface area contributed by atoms with E-state index in [0.717, 1.165) is 18.5 Å². The summed E-state index contributed by atoms with van der Waals surface area (Å²) in [5, 5.41) is 2.46. The smallest absolute Gasteiger partial charge is 0.387 e. The summed E-state index contributed by atoms with van der Waals surface area (Å²) in [5.41, 5.74) is -0.0406. The van der Waals surface area contributed by atoms with Gasteiger partial charge in [-0.15, -0.1) is 0 Å². The number of halogens is 3. The summed E-state index contributed by atoms with van der Waals surface area (Å²) in [6, 6.07) is 6.39. The van der Waals surface area contributed by atoms with E-state index in [9.17, 15) is 22.8 Å². The zero-order chi connectivity index (χ0) is 21.7. The maximum absolute atomic E-state index is 14.2. The van der Waals surface area contributed by atoms with Gasteiger partial charge in [0.1, 0.15) is 5.82 Å². The number of carbonyl (C=O) groups excluding carboxylic acids is 1. The quantitative estimate of drug-likeness (QED) is 0.570. The lowest BCUT2D eigenvalue weighted by Crippen LogP contribution is -2.12. The number of aromatic nitrogens is 2. The molecule has 1 amide bonds. The van der Waals surface area contributed by atoms with E-state index in [4.69, 9.17) is 4.74 Å². The lowest BCUT2D eigenvalue weighted by atomic mass is 10.2. The molecule has 0 aliphatic heterocycles. The van der Waals surface area contributed by atoms with Gasteiger partial charge >= 0.3 is 6.61 Å². The fraction of sp³-hybridized carbons (Fsp3) is 0.150. The van der Waals surface area contributed by atoms with Crippen LogP contribution in [0.3, 0.4) is 0 Å². The second kappa shape index (κ2) is 9.12. The average Bonchev–Trinajstić information content (AvgIpc) is 2.69. The van der Waals surface area contributed by atoms with Crippen LogP contribution in [0.4, 0.5) is 18.9 Å². The van der Waals surface area contributed by atoms with Crippen molar-refractivity contribution >= 4 is 28.6 Å². The average molecular weight is 419 g/mol. The highest BCUT2D eigenvalue weighted by Gasteiger charge is 2.12. The van der Waals surface area contributed by atoms with Crippen LogP contribution in [-0.2, 0) is 4.79 Å². The van der Waals surface area contributed by atoms with E-state index in [1.807, 2.05) is 0 Å². The molecule has 0 fully saturated rings. The van der Waals surface area contributed by atoms with Crippen molar-refractivity contribution < 1.29 is 27.4 Å². The highest BCUT2D eigenvalue weighted by Crippen LogP contribution is 2.30. The second-order valence-corrected chi connectivity index (χ2v) is 5.92. The van der Waals surface area contributed by atoms with Crippen molar-refractivity contribution in [2.45, 2.75) is 13.5 Å². The fourth-order valence-electron chi connectivity index (χ4n) is 2.62. The number of nitrogens with one attached hydrogen (secondary N) is 2. The van der Waals surface area contributed by atoms with Crippen molar-refractivity contribution in [2.75, 3.05) is 11.9 Å². The topological polar surface area (TPSA) is 93.3 Å². The van der Waals surface area contributed by atoms with Crippen molar-refractivity contribution in [3.8, 4) is 11.5 Å². The molecule has 10 heteroatoms. The molecule has 1 heterocycles. The van der Waals surface area contributed by atoms with Gasteiger partial charge < -0.3 is 19.8 Å². The maximum atomic E-state index is 14.2. The van der Waals surface area contributed by atoms with E-state index in [0.29, 0.717) is 5.56 Å². The summed E-state index contributed by atoms with van der Waals surface area (Å²) in [4.78, 5) is 30.2. The maximum Gasteiger partial charge on any atom is 0.387 e. The van der Waals surface area contributed by atoms with Gasteiger partial charge in [-0.2, -0.15) is 8.78 Å². The minimum absolute atomic E-state index is 0.0904. The standard InChI is InChI=1S/C20H16F3N3O4/c1-2-29-17-7-11(3-5-16(17)30-20(22)23)4-6-18(27)26-15-8-12-14(9-13(15)21)24-10-25-19(12)28/h3-10,20H,2H2,1H3,(H,26,27)(H,24,25,28). The number of H-pyrrole nitrogens is 1. The first-order valence-corrected chi connectivity index (χ1v) is 8.75.